The van der Waals surface area contributed by atoms with Crippen LogP contribution in [0.5, 0.6) is 0 Å². The maximum absolute atomic E-state index is 12.9. The molecule has 0 aliphatic carbocycles. The lowest BCUT2D eigenvalue weighted by Crippen LogP contribution is -2.50. The van der Waals surface area contributed by atoms with Crippen molar-refractivity contribution in [3.8, 4) is 0 Å². The summed E-state index contributed by atoms with van der Waals surface area (Å²) in [6.45, 7) is 5.15. The summed E-state index contributed by atoms with van der Waals surface area (Å²) in [6.07, 6.45) is 1.48. The number of aromatic nitrogens is 2. The molecular weight excluding hydrogens is 480 g/mol. The van der Waals surface area contributed by atoms with Crippen LogP contribution in [0, 0.1) is 0 Å². The number of carbonyl (C=O) groups is 1. The van der Waals surface area contributed by atoms with Gasteiger partial charge in [-0.25, -0.2) is 13.4 Å². The average Bonchev–Trinajstić information content (AvgIpc) is 3.33. The molecule has 0 saturated carbocycles. The highest BCUT2D eigenvalue weighted by atomic mass is 79.9. The highest BCUT2D eigenvalue weighted by Crippen LogP contribution is 2.29. The van der Waals surface area contributed by atoms with E-state index in [0.717, 1.165) is 14.9 Å². The van der Waals surface area contributed by atoms with Crippen LogP contribution in [0.25, 0.3) is 11.1 Å². The Morgan fingerprint density at radius 3 is 2.59 bits per heavy atom. The van der Waals surface area contributed by atoms with E-state index in [-0.39, 0.29) is 24.9 Å². The van der Waals surface area contributed by atoms with E-state index in [1.807, 2.05) is 13.8 Å². The standard InChI is InChI=1S/C18H19BrN4O4S2/c1-11(2)16-13-9-12(10-20-17(13)27-21-16)18(24)22-5-7-23(8-6-22)29(25,26)15-4-3-14(19)28-15/h3-4,9-11H,5-8H2,1-2H3. The molecule has 4 heterocycles. The van der Waals surface area contributed by atoms with Crippen LogP contribution >= 0.6 is 27.3 Å². The molecule has 0 N–H and O–H groups in total. The molecule has 3 aromatic heterocycles. The summed E-state index contributed by atoms with van der Waals surface area (Å²) in [5, 5.41) is 4.77. The molecule has 1 aliphatic rings. The number of fused-ring (bicyclic) bond motifs is 1. The second-order valence-electron chi connectivity index (χ2n) is 7.05. The second kappa shape index (κ2) is 7.78. The highest BCUT2D eigenvalue weighted by Gasteiger charge is 2.31. The van der Waals surface area contributed by atoms with Gasteiger partial charge < -0.3 is 9.42 Å². The van der Waals surface area contributed by atoms with E-state index in [2.05, 4.69) is 26.1 Å². The monoisotopic (exact) mass is 498 g/mol. The fraction of sp³-hybridized carbons (Fsp3) is 0.389. The summed E-state index contributed by atoms with van der Waals surface area (Å²) in [4.78, 5) is 18.8. The van der Waals surface area contributed by atoms with E-state index < -0.39 is 10.0 Å². The van der Waals surface area contributed by atoms with Gasteiger partial charge >= 0.3 is 0 Å². The van der Waals surface area contributed by atoms with Crippen LogP contribution < -0.4 is 0 Å². The van der Waals surface area contributed by atoms with Crippen LogP contribution in [0.15, 0.2) is 36.9 Å². The summed E-state index contributed by atoms with van der Waals surface area (Å²) >= 11 is 4.48. The van der Waals surface area contributed by atoms with Crippen molar-refractivity contribution in [2.75, 3.05) is 26.2 Å². The number of thiophene rings is 1. The second-order valence-corrected chi connectivity index (χ2v) is 11.7. The number of halogens is 1. The fourth-order valence-corrected chi connectivity index (χ4v) is 6.85. The Morgan fingerprint density at radius 1 is 1.24 bits per heavy atom. The Kier molecular flexibility index (Phi) is 5.49. The van der Waals surface area contributed by atoms with Crippen LogP contribution in [0.4, 0.5) is 0 Å². The Morgan fingerprint density at radius 2 is 1.97 bits per heavy atom. The lowest BCUT2D eigenvalue weighted by Gasteiger charge is -2.33. The molecule has 0 aromatic carbocycles. The first-order valence-corrected chi connectivity index (χ1v) is 12.1. The number of sulfonamides is 1. The molecule has 1 amide bonds. The Bertz CT molecular complexity index is 1160. The number of pyridine rings is 1. The average molecular weight is 499 g/mol. The van der Waals surface area contributed by atoms with Gasteiger partial charge in [0.2, 0.25) is 0 Å². The Balaban J connectivity index is 1.49. The number of rotatable bonds is 4. The maximum Gasteiger partial charge on any atom is 0.257 e. The van der Waals surface area contributed by atoms with E-state index in [4.69, 9.17) is 4.52 Å². The summed E-state index contributed by atoms with van der Waals surface area (Å²) in [7, 11) is -3.54. The number of nitrogens with zero attached hydrogens (tertiary/aromatic N) is 4. The summed E-state index contributed by atoms with van der Waals surface area (Å²) in [5.74, 6) is -0.0272. The zero-order valence-corrected chi connectivity index (χ0v) is 19.1. The maximum atomic E-state index is 12.9. The predicted octanol–water partition coefficient (Wildman–Crippen LogP) is 3.32. The third-order valence-electron chi connectivity index (χ3n) is 4.82. The van der Waals surface area contributed by atoms with Crippen molar-refractivity contribution in [2.45, 2.75) is 24.0 Å². The lowest BCUT2D eigenvalue weighted by atomic mass is 10.1. The first kappa shape index (κ1) is 20.5. The zero-order valence-electron chi connectivity index (χ0n) is 15.8. The van der Waals surface area contributed by atoms with Crippen molar-refractivity contribution >= 4 is 54.3 Å². The van der Waals surface area contributed by atoms with Gasteiger partial charge in [-0.1, -0.05) is 19.0 Å². The van der Waals surface area contributed by atoms with Crippen molar-refractivity contribution < 1.29 is 17.7 Å². The van der Waals surface area contributed by atoms with Crippen LogP contribution in [0.2, 0.25) is 0 Å². The molecule has 3 aromatic rings. The van der Waals surface area contributed by atoms with Crippen molar-refractivity contribution in [3.63, 3.8) is 0 Å². The van der Waals surface area contributed by atoms with Gasteiger partial charge in [0.1, 0.15) is 4.21 Å². The van der Waals surface area contributed by atoms with E-state index in [1.54, 1.807) is 23.1 Å². The molecule has 0 spiro atoms. The SMILES string of the molecule is CC(C)c1noc2ncc(C(=O)N3CCN(S(=O)(=O)c4ccc(Br)s4)CC3)cc12. The molecule has 0 unspecified atom stereocenters. The van der Waals surface area contributed by atoms with Gasteiger partial charge in [0.05, 0.1) is 20.4 Å². The minimum atomic E-state index is -3.54. The van der Waals surface area contributed by atoms with Crippen molar-refractivity contribution in [1.29, 1.82) is 0 Å². The first-order valence-electron chi connectivity index (χ1n) is 9.07. The summed E-state index contributed by atoms with van der Waals surface area (Å²) in [6, 6.07) is 5.06. The molecule has 11 heteroatoms. The molecule has 0 radical (unpaired) electrons. The molecule has 1 fully saturated rings. The van der Waals surface area contributed by atoms with Gasteiger partial charge in [-0.15, -0.1) is 11.3 Å². The zero-order chi connectivity index (χ0) is 20.8. The van der Waals surface area contributed by atoms with Gasteiger partial charge in [0, 0.05) is 32.4 Å². The van der Waals surface area contributed by atoms with Crippen LogP contribution in [-0.4, -0.2) is 59.8 Å². The smallest absolute Gasteiger partial charge is 0.257 e. The molecule has 1 aliphatic heterocycles. The van der Waals surface area contributed by atoms with Crippen molar-refractivity contribution in [1.82, 2.24) is 19.3 Å². The first-order chi connectivity index (χ1) is 13.8. The number of carbonyl (C=O) groups excluding carboxylic acids is 1. The molecule has 29 heavy (non-hydrogen) atoms. The fourth-order valence-electron chi connectivity index (χ4n) is 3.26. The third-order valence-corrected chi connectivity index (χ3v) is 8.81. The molecular formula is C18H19BrN4O4S2. The number of piperazine rings is 1. The minimum Gasteiger partial charge on any atom is -0.336 e. The van der Waals surface area contributed by atoms with Crippen LogP contribution in [0.3, 0.4) is 0 Å². The number of hydrogen-bond donors (Lipinski definition) is 0. The summed E-state index contributed by atoms with van der Waals surface area (Å²) in [5.41, 5.74) is 1.62. The van der Waals surface area contributed by atoms with Gasteiger partial charge in [-0.05, 0) is 40.0 Å². The lowest BCUT2D eigenvalue weighted by molar-refractivity contribution is 0.0697. The quantitative estimate of drug-likeness (QED) is 0.547. The molecule has 0 bridgehead atoms. The molecule has 0 atom stereocenters. The number of hydrogen-bond acceptors (Lipinski definition) is 7. The largest absolute Gasteiger partial charge is 0.336 e. The van der Waals surface area contributed by atoms with E-state index >= 15 is 0 Å². The van der Waals surface area contributed by atoms with Gasteiger partial charge in [0.15, 0.2) is 0 Å². The van der Waals surface area contributed by atoms with Gasteiger partial charge in [0.25, 0.3) is 21.6 Å². The van der Waals surface area contributed by atoms with Crippen molar-refractivity contribution in [2.24, 2.45) is 0 Å². The van der Waals surface area contributed by atoms with E-state index in [9.17, 15) is 13.2 Å². The highest BCUT2D eigenvalue weighted by molar-refractivity contribution is 9.11. The van der Waals surface area contributed by atoms with E-state index in [0.29, 0.717) is 28.6 Å². The number of amides is 1. The van der Waals surface area contributed by atoms with E-state index in [1.165, 1.54) is 21.8 Å². The minimum absolute atomic E-state index is 0.148. The molecule has 1 saturated heterocycles. The Labute approximate surface area is 180 Å². The van der Waals surface area contributed by atoms with Gasteiger partial charge in [-0.3, -0.25) is 4.79 Å². The topological polar surface area (TPSA) is 96.6 Å². The van der Waals surface area contributed by atoms with Crippen LogP contribution in [0.1, 0.15) is 35.8 Å². The van der Waals surface area contributed by atoms with Crippen molar-refractivity contribution in [3.05, 3.63) is 39.4 Å². The molecule has 4 rings (SSSR count). The predicted molar refractivity (Wildman–Crippen MR) is 113 cm³/mol. The molecule has 154 valence electrons. The normalized spacial score (nSPS) is 16.1. The Hall–Kier alpha value is -1.82. The van der Waals surface area contributed by atoms with Gasteiger partial charge in [-0.2, -0.15) is 4.31 Å². The summed E-state index contributed by atoms with van der Waals surface area (Å²) < 4.78 is 33.2. The molecule has 8 nitrogen and oxygen atoms in total. The third kappa shape index (κ3) is 3.83. The van der Waals surface area contributed by atoms with Crippen LogP contribution in [-0.2, 0) is 10.0 Å².